The summed E-state index contributed by atoms with van der Waals surface area (Å²) in [4.78, 5) is 0. The van der Waals surface area contributed by atoms with Gasteiger partial charge in [0.05, 0.1) is 13.2 Å². The molecule has 2 aliphatic heterocycles. The molecular weight excluding hydrogens is 202 g/mol. The Morgan fingerprint density at radius 3 is 2.06 bits per heavy atom. The highest BCUT2D eigenvalue weighted by Gasteiger charge is 2.35. The maximum atomic E-state index is 6.00. The third-order valence-corrected chi connectivity index (χ3v) is 3.47. The molecular formula is C13H17NO2. The molecule has 0 atom stereocenters. The van der Waals surface area contributed by atoms with E-state index in [0.29, 0.717) is 13.2 Å². The normalized spacial score (nSPS) is 23.8. The molecule has 1 saturated heterocycles. The fourth-order valence-electron chi connectivity index (χ4n) is 2.40. The van der Waals surface area contributed by atoms with Gasteiger partial charge in [0.1, 0.15) is 0 Å². The van der Waals surface area contributed by atoms with Crippen LogP contribution in [0.5, 0.6) is 0 Å². The van der Waals surface area contributed by atoms with Gasteiger partial charge in [-0.15, -0.1) is 0 Å². The zero-order chi connectivity index (χ0) is 10.8. The van der Waals surface area contributed by atoms with Gasteiger partial charge in [-0.25, -0.2) is 0 Å². The van der Waals surface area contributed by atoms with Gasteiger partial charge < -0.3 is 14.8 Å². The van der Waals surface area contributed by atoms with Crippen molar-refractivity contribution in [1.82, 2.24) is 5.32 Å². The van der Waals surface area contributed by atoms with Crippen molar-refractivity contribution < 1.29 is 9.47 Å². The lowest BCUT2D eigenvalue weighted by Gasteiger charge is -2.35. The SMILES string of the molecule is c1ccc2c(c1)COC1(CCNCC1)OC2. The average molecular weight is 219 g/mol. The van der Waals surface area contributed by atoms with E-state index < -0.39 is 0 Å². The van der Waals surface area contributed by atoms with Crippen LogP contribution in [-0.2, 0) is 22.7 Å². The fraction of sp³-hybridized carbons (Fsp3) is 0.538. The van der Waals surface area contributed by atoms with Crippen LogP contribution in [0.4, 0.5) is 0 Å². The van der Waals surface area contributed by atoms with Crippen molar-refractivity contribution in [2.24, 2.45) is 0 Å². The highest BCUT2D eigenvalue weighted by atomic mass is 16.7. The van der Waals surface area contributed by atoms with Gasteiger partial charge in [0.25, 0.3) is 0 Å². The number of benzene rings is 1. The zero-order valence-corrected chi connectivity index (χ0v) is 9.37. The van der Waals surface area contributed by atoms with Crippen LogP contribution in [-0.4, -0.2) is 18.9 Å². The number of piperidine rings is 1. The Morgan fingerprint density at radius 1 is 0.938 bits per heavy atom. The van der Waals surface area contributed by atoms with Gasteiger partial charge in [-0.05, 0) is 11.1 Å². The van der Waals surface area contributed by atoms with Crippen LogP contribution in [0.1, 0.15) is 24.0 Å². The highest BCUT2D eigenvalue weighted by molar-refractivity contribution is 5.26. The van der Waals surface area contributed by atoms with Gasteiger partial charge in [0.15, 0.2) is 5.79 Å². The molecule has 3 heteroatoms. The van der Waals surface area contributed by atoms with Crippen molar-refractivity contribution in [3.63, 3.8) is 0 Å². The topological polar surface area (TPSA) is 30.5 Å². The predicted molar refractivity (Wildman–Crippen MR) is 60.9 cm³/mol. The molecule has 0 aliphatic carbocycles. The van der Waals surface area contributed by atoms with Crippen molar-refractivity contribution in [2.45, 2.75) is 31.8 Å². The molecule has 3 rings (SSSR count). The van der Waals surface area contributed by atoms with Gasteiger partial charge in [-0.1, -0.05) is 24.3 Å². The minimum absolute atomic E-state index is 0.343. The summed E-state index contributed by atoms with van der Waals surface area (Å²) < 4.78 is 12.0. The quantitative estimate of drug-likeness (QED) is 0.722. The van der Waals surface area contributed by atoms with E-state index >= 15 is 0 Å². The molecule has 0 radical (unpaired) electrons. The van der Waals surface area contributed by atoms with E-state index in [9.17, 15) is 0 Å². The molecule has 86 valence electrons. The van der Waals surface area contributed by atoms with E-state index in [1.807, 2.05) is 0 Å². The Bertz CT molecular complexity index is 343. The number of ether oxygens (including phenoxy) is 2. The fourth-order valence-corrected chi connectivity index (χ4v) is 2.40. The Kier molecular flexibility index (Phi) is 2.67. The summed E-state index contributed by atoms with van der Waals surface area (Å²) >= 11 is 0. The summed E-state index contributed by atoms with van der Waals surface area (Å²) in [5.41, 5.74) is 2.52. The lowest BCUT2D eigenvalue weighted by Crippen LogP contribution is -2.45. The Hall–Kier alpha value is -0.900. The molecule has 0 unspecified atom stereocenters. The molecule has 1 aromatic carbocycles. The maximum absolute atomic E-state index is 6.00. The molecule has 2 heterocycles. The zero-order valence-electron chi connectivity index (χ0n) is 9.37. The van der Waals surface area contributed by atoms with Crippen LogP contribution in [0, 0.1) is 0 Å². The molecule has 1 spiro atoms. The molecule has 0 bridgehead atoms. The average Bonchev–Trinajstić information content (AvgIpc) is 2.52. The number of hydrogen-bond acceptors (Lipinski definition) is 3. The number of rotatable bonds is 0. The highest BCUT2D eigenvalue weighted by Crippen LogP contribution is 2.31. The number of nitrogens with one attached hydrogen (secondary N) is 1. The standard InChI is InChI=1S/C13H17NO2/c1-2-4-12-10-16-13(5-7-14-8-6-13)15-9-11(12)3-1/h1-4,14H,5-10H2. The maximum Gasteiger partial charge on any atom is 0.171 e. The molecule has 3 nitrogen and oxygen atoms in total. The van der Waals surface area contributed by atoms with Crippen molar-refractivity contribution in [3.8, 4) is 0 Å². The second kappa shape index (κ2) is 4.17. The third kappa shape index (κ3) is 1.86. The van der Waals surface area contributed by atoms with Crippen molar-refractivity contribution in [2.75, 3.05) is 13.1 Å². The first-order chi connectivity index (χ1) is 7.88. The minimum Gasteiger partial charge on any atom is -0.345 e. The molecule has 0 aromatic heterocycles. The van der Waals surface area contributed by atoms with E-state index in [4.69, 9.17) is 9.47 Å². The first-order valence-corrected chi connectivity index (χ1v) is 5.93. The van der Waals surface area contributed by atoms with Gasteiger partial charge in [-0.2, -0.15) is 0 Å². The largest absolute Gasteiger partial charge is 0.345 e. The summed E-state index contributed by atoms with van der Waals surface area (Å²) in [5.74, 6) is -0.343. The predicted octanol–water partition coefficient (Wildman–Crippen LogP) is 1.81. The Labute approximate surface area is 95.8 Å². The lowest BCUT2D eigenvalue weighted by molar-refractivity contribution is -0.255. The van der Waals surface area contributed by atoms with E-state index in [1.54, 1.807) is 0 Å². The first kappa shape index (κ1) is 10.3. The monoisotopic (exact) mass is 219 g/mol. The molecule has 1 N–H and O–H groups in total. The van der Waals surface area contributed by atoms with Crippen LogP contribution in [0.15, 0.2) is 24.3 Å². The molecule has 1 fully saturated rings. The van der Waals surface area contributed by atoms with E-state index in [2.05, 4.69) is 29.6 Å². The van der Waals surface area contributed by atoms with Crippen LogP contribution >= 0.6 is 0 Å². The number of fused-ring (bicyclic) bond motifs is 1. The molecule has 1 aromatic rings. The first-order valence-electron chi connectivity index (χ1n) is 5.93. The molecule has 0 saturated carbocycles. The van der Waals surface area contributed by atoms with Crippen LogP contribution in [0.25, 0.3) is 0 Å². The van der Waals surface area contributed by atoms with Gasteiger partial charge >= 0.3 is 0 Å². The van der Waals surface area contributed by atoms with Crippen molar-refractivity contribution >= 4 is 0 Å². The summed E-state index contributed by atoms with van der Waals surface area (Å²) in [6.07, 6.45) is 1.89. The minimum atomic E-state index is -0.343. The summed E-state index contributed by atoms with van der Waals surface area (Å²) in [5, 5.41) is 3.34. The second-order valence-electron chi connectivity index (χ2n) is 4.51. The van der Waals surface area contributed by atoms with Gasteiger partial charge in [0, 0.05) is 25.9 Å². The molecule has 2 aliphatic rings. The molecule has 16 heavy (non-hydrogen) atoms. The van der Waals surface area contributed by atoms with Gasteiger partial charge in [0.2, 0.25) is 0 Å². The smallest absolute Gasteiger partial charge is 0.171 e. The van der Waals surface area contributed by atoms with Crippen LogP contribution < -0.4 is 5.32 Å². The lowest BCUT2D eigenvalue weighted by atomic mass is 10.1. The second-order valence-corrected chi connectivity index (χ2v) is 4.51. The van der Waals surface area contributed by atoms with Gasteiger partial charge in [-0.3, -0.25) is 0 Å². The van der Waals surface area contributed by atoms with Crippen LogP contribution in [0.3, 0.4) is 0 Å². The Morgan fingerprint density at radius 2 is 1.50 bits per heavy atom. The van der Waals surface area contributed by atoms with E-state index in [-0.39, 0.29) is 5.79 Å². The summed E-state index contributed by atoms with van der Waals surface area (Å²) in [7, 11) is 0. The summed E-state index contributed by atoms with van der Waals surface area (Å²) in [6, 6.07) is 8.36. The van der Waals surface area contributed by atoms with E-state index in [1.165, 1.54) is 11.1 Å². The molecule has 0 amide bonds. The van der Waals surface area contributed by atoms with Crippen molar-refractivity contribution in [3.05, 3.63) is 35.4 Å². The van der Waals surface area contributed by atoms with E-state index in [0.717, 1.165) is 25.9 Å². The Balaban J connectivity index is 1.81. The van der Waals surface area contributed by atoms with Crippen molar-refractivity contribution in [1.29, 1.82) is 0 Å². The number of hydrogen-bond donors (Lipinski definition) is 1. The van der Waals surface area contributed by atoms with Crippen LogP contribution in [0.2, 0.25) is 0 Å². The third-order valence-electron chi connectivity index (χ3n) is 3.47. The summed E-state index contributed by atoms with van der Waals surface area (Å²) in [6.45, 7) is 3.32.